The van der Waals surface area contributed by atoms with Crippen molar-refractivity contribution in [3.05, 3.63) is 16.1 Å². The Morgan fingerprint density at radius 2 is 2.29 bits per heavy atom. The summed E-state index contributed by atoms with van der Waals surface area (Å²) in [5.74, 6) is 0.481. The van der Waals surface area contributed by atoms with Crippen LogP contribution in [-0.4, -0.2) is 18.1 Å². The molecule has 0 spiro atoms. The molecule has 1 aliphatic carbocycles. The standard InChI is InChI=1S/C13H19NO2S/c1-9(2)7-11-14-10(8-17-11)13(5-4-6-13)12(15)16-3/h8-9H,4-7H2,1-3H3. The first-order valence-electron chi connectivity index (χ1n) is 6.12. The Hall–Kier alpha value is -0.900. The van der Waals surface area contributed by atoms with Crippen LogP contribution in [0, 0.1) is 5.92 Å². The van der Waals surface area contributed by atoms with Crippen molar-refractivity contribution in [1.82, 2.24) is 4.98 Å². The van der Waals surface area contributed by atoms with E-state index in [1.165, 1.54) is 7.11 Å². The molecule has 3 nitrogen and oxygen atoms in total. The Kier molecular flexibility index (Phi) is 3.52. The number of hydrogen-bond donors (Lipinski definition) is 0. The highest BCUT2D eigenvalue weighted by atomic mass is 32.1. The predicted octanol–water partition coefficient (Wildman–Crippen LogP) is 2.94. The maximum absolute atomic E-state index is 11.9. The number of nitrogens with zero attached hydrogens (tertiary/aromatic N) is 1. The van der Waals surface area contributed by atoms with Crippen LogP contribution in [0.5, 0.6) is 0 Å². The van der Waals surface area contributed by atoms with E-state index < -0.39 is 5.41 Å². The van der Waals surface area contributed by atoms with Gasteiger partial charge in [0.2, 0.25) is 0 Å². The normalized spacial score (nSPS) is 17.9. The lowest BCUT2D eigenvalue weighted by Crippen LogP contribution is -2.43. The fourth-order valence-electron chi connectivity index (χ4n) is 2.26. The van der Waals surface area contributed by atoms with E-state index >= 15 is 0 Å². The minimum atomic E-state index is -0.430. The molecule has 1 aromatic heterocycles. The molecular weight excluding hydrogens is 234 g/mol. The summed E-state index contributed by atoms with van der Waals surface area (Å²) in [4.78, 5) is 16.5. The molecule has 0 amide bonds. The van der Waals surface area contributed by atoms with Gasteiger partial charge in [-0.3, -0.25) is 4.79 Å². The van der Waals surface area contributed by atoms with E-state index in [1.807, 2.05) is 5.38 Å². The van der Waals surface area contributed by atoms with Crippen molar-refractivity contribution in [3.63, 3.8) is 0 Å². The van der Waals surface area contributed by atoms with Crippen molar-refractivity contribution in [2.45, 2.75) is 44.9 Å². The van der Waals surface area contributed by atoms with E-state index in [2.05, 4.69) is 18.8 Å². The molecule has 0 aromatic carbocycles. The number of aromatic nitrogens is 1. The van der Waals surface area contributed by atoms with Crippen LogP contribution in [0.3, 0.4) is 0 Å². The van der Waals surface area contributed by atoms with Gasteiger partial charge < -0.3 is 4.74 Å². The van der Waals surface area contributed by atoms with Crippen molar-refractivity contribution < 1.29 is 9.53 Å². The lowest BCUT2D eigenvalue weighted by molar-refractivity contribution is -0.151. The predicted molar refractivity (Wildman–Crippen MR) is 68.2 cm³/mol. The molecule has 1 aliphatic rings. The number of esters is 1. The number of hydrogen-bond acceptors (Lipinski definition) is 4. The topological polar surface area (TPSA) is 39.2 Å². The van der Waals surface area contributed by atoms with E-state index in [1.54, 1.807) is 11.3 Å². The highest BCUT2D eigenvalue weighted by Gasteiger charge is 2.48. The molecule has 17 heavy (non-hydrogen) atoms. The summed E-state index contributed by atoms with van der Waals surface area (Å²) in [6, 6.07) is 0. The van der Waals surface area contributed by atoms with Crippen LogP contribution in [-0.2, 0) is 21.4 Å². The third-order valence-corrected chi connectivity index (χ3v) is 4.28. The van der Waals surface area contributed by atoms with Crippen LogP contribution in [0.2, 0.25) is 0 Å². The summed E-state index contributed by atoms with van der Waals surface area (Å²) in [7, 11) is 1.46. The SMILES string of the molecule is COC(=O)C1(c2csc(CC(C)C)n2)CCC1. The Morgan fingerprint density at radius 1 is 1.59 bits per heavy atom. The Morgan fingerprint density at radius 3 is 2.76 bits per heavy atom. The lowest BCUT2D eigenvalue weighted by Gasteiger charge is -2.37. The first-order chi connectivity index (χ1) is 8.08. The Labute approximate surface area is 106 Å². The highest BCUT2D eigenvalue weighted by Crippen LogP contribution is 2.44. The molecule has 94 valence electrons. The molecule has 0 unspecified atom stereocenters. The number of methoxy groups -OCH3 is 1. The van der Waals surface area contributed by atoms with Gasteiger partial charge in [0.1, 0.15) is 5.41 Å². The molecule has 0 bridgehead atoms. The van der Waals surface area contributed by atoms with Crippen LogP contribution >= 0.6 is 11.3 Å². The Balaban J connectivity index is 2.20. The van der Waals surface area contributed by atoms with Gasteiger partial charge in [0.15, 0.2) is 0 Å². The zero-order valence-electron chi connectivity index (χ0n) is 10.7. The van der Waals surface area contributed by atoms with E-state index in [0.717, 1.165) is 36.4 Å². The van der Waals surface area contributed by atoms with Crippen molar-refractivity contribution in [2.24, 2.45) is 5.92 Å². The second-order valence-corrected chi connectivity index (χ2v) is 6.09. The zero-order chi connectivity index (χ0) is 12.5. The summed E-state index contributed by atoms with van der Waals surface area (Å²) in [6.45, 7) is 4.36. The first kappa shape index (κ1) is 12.6. The quantitative estimate of drug-likeness (QED) is 0.774. The number of carbonyl (C=O) groups excluding carboxylic acids is 1. The number of rotatable bonds is 4. The number of thiazole rings is 1. The summed E-state index contributed by atoms with van der Waals surface area (Å²) in [6.07, 6.45) is 3.84. The molecule has 0 N–H and O–H groups in total. The van der Waals surface area contributed by atoms with Gasteiger partial charge in [0.05, 0.1) is 17.8 Å². The van der Waals surface area contributed by atoms with Crippen molar-refractivity contribution in [3.8, 4) is 0 Å². The molecule has 2 rings (SSSR count). The van der Waals surface area contributed by atoms with E-state index in [-0.39, 0.29) is 5.97 Å². The number of ether oxygens (including phenoxy) is 1. The van der Waals surface area contributed by atoms with Crippen molar-refractivity contribution >= 4 is 17.3 Å². The summed E-state index contributed by atoms with van der Waals surface area (Å²) in [5.41, 5.74) is 0.497. The maximum Gasteiger partial charge on any atom is 0.317 e. The minimum Gasteiger partial charge on any atom is -0.468 e. The molecule has 0 atom stereocenters. The molecule has 1 saturated carbocycles. The average molecular weight is 253 g/mol. The molecule has 4 heteroatoms. The van der Waals surface area contributed by atoms with E-state index in [4.69, 9.17) is 4.74 Å². The summed E-state index contributed by atoms with van der Waals surface area (Å²) in [5, 5.41) is 3.17. The van der Waals surface area contributed by atoms with Gasteiger partial charge in [0, 0.05) is 11.8 Å². The summed E-state index contributed by atoms with van der Waals surface area (Å²) < 4.78 is 4.93. The van der Waals surface area contributed by atoms with Gasteiger partial charge in [-0.15, -0.1) is 11.3 Å². The highest BCUT2D eigenvalue weighted by molar-refractivity contribution is 7.09. The van der Waals surface area contributed by atoms with Crippen LogP contribution in [0.4, 0.5) is 0 Å². The third kappa shape index (κ3) is 2.23. The van der Waals surface area contributed by atoms with Gasteiger partial charge in [0.25, 0.3) is 0 Å². The smallest absolute Gasteiger partial charge is 0.317 e. The molecule has 1 heterocycles. The second-order valence-electron chi connectivity index (χ2n) is 5.15. The van der Waals surface area contributed by atoms with Crippen molar-refractivity contribution in [2.75, 3.05) is 7.11 Å². The Bertz CT molecular complexity index is 407. The van der Waals surface area contributed by atoms with Crippen LogP contribution in [0.25, 0.3) is 0 Å². The first-order valence-corrected chi connectivity index (χ1v) is 7.00. The van der Waals surface area contributed by atoms with Gasteiger partial charge in [-0.05, 0) is 18.8 Å². The fraction of sp³-hybridized carbons (Fsp3) is 0.692. The van der Waals surface area contributed by atoms with Gasteiger partial charge >= 0.3 is 5.97 Å². The summed E-state index contributed by atoms with van der Waals surface area (Å²) >= 11 is 1.66. The van der Waals surface area contributed by atoms with Crippen LogP contribution < -0.4 is 0 Å². The van der Waals surface area contributed by atoms with Crippen molar-refractivity contribution in [1.29, 1.82) is 0 Å². The average Bonchev–Trinajstić information content (AvgIpc) is 2.63. The maximum atomic E-state index is 11.9. The van der Waals surface area contributed by atoms with E-state index in [9.17, 15) is 4.79 Å². The van der Waals surface area contributed by atoms with E-state index in [0.29, 0.717) is 5.92 Å². The molecule has 1 aromatic rings. The minimum absolute atomic E-state index is 0.120. The molecule has 0 aliphatic heterocycles. The molecule has 1 fully saturated rings. The van der Waals surface area contributed by atoms with Crippen LogP contribution in [0.1, 0.15) is 43.8 Å². The fourth-order valence-corrected chi connectivity index (χ4v) is 3.37. The molecule has 0 saturated heterocycles. The van der Waals surface area contributed by atoms with Crippen LogP contribution in [0.15, 0.2) is 5.38 Å². The largest absolute Gasteiger partial charge is 0.468 e. The molecule has 0 radical (unpaired) electrons. The van der Waals surface area contributed by atoms with Gasteiger partial charge in [-0.1, -0.05) is 20.3 Å². The third-order valence-electron chi connectivity index (χ3n) is 3.41. The van der Waals surface area contributed by atoms with Gasteiger partial charge in [-0.2, -0.15) is 0 Å². The number of carbonyl (C=O) groups is 1. The monoisotopic (exact) mass is 253 g/mol. The zero-order valence-corrected chi connectivity index (χ0v) is 11.5. The van der Waals surface area contributed by atoms with Gasteiger partial charge in [-0.25, -0.2) is 4.98 Å². The molecular formula is C13H19NO2S. The second kappa shape index (κ2) is 4.77. The lowest BCUT2D eigenvalue weighted by atomic mass is 9.67.